The van der Waals surface area contributed by atoms with E-state index in [1.54, 1.807) is 25.1 Å². The lowest BCUT2D eigenvalue weighted by Crippen LogP contribution is -2.13. The van der Waals surface area contributed by atoms with E-state index in [9.17, 15) is 9.59 Å². The van der Waals surface area contributed by atoms with E-state index in [1.807, 2.05) is 60.7 Å². The first-order valence-corrected chi connectivity index (χ1v) is 8.50. The van der Waals surface area contributed by atoms with Gasteiger partial charge in [0.1, 0.15) is 0 Å². The van der Waals surface area contributed by atoms with Gasteiger partial charge in [0, 0.05) is 23.9 Å². The average molecular weight is 357 g/mol. The van der Waals surface area contributed by atoms with Crippen LogP contribution in [0.5, 0.6) is 0 Å². The molecule has 134 valence electrons. The monoisotopic (exact) mass is 357 g/mol. The van der Waals surface area contributed by atoms with Gasteiger partial charge in [0.15, 0.2) is 5.82 Å². The molecule has 2 aromatic carbocycles. The lowest BCUT2D eigenvalue weighted by molar-refractivity contribution is -0.111. The maximum atomic E-state index is 12.3. The summed E-state index contributed by atoms with van der Waals surface area (Å²) in [5.41, 5.74) is 2.49. The summed E-state index contributed by atoms with van der Waals surface area (Å²) in [4.78, 5) is 24.4. The van der Waals surface area contributed by atoms with E-state index in [4.69, 9.17) is 0 Å². The van der Waals surface area contributed by atoms with Crippen LogP contribution >= 0.6 is 0 Å². The van der Waals surface area contributed by atoms with Crippen molar-refractivity contribution in [3.8, 4) is 0 Å². The second-order valence-electron chi connectivity index (χ2n) is 5.90. The van der Waals surface area contributed by atoms with Gasteiger partial charge in [0.2, 0.25) is 5.91 Å². The molecule has 0 aliphatic heterocycles. The molecule has 0 aliphatic carbocycles. The van der Waals surface area contributed by atoms with Crippen LogP contribution < -0.4 is 5.32 Å². The molecule has 5 nitrogen and oxygen atoms in total. The quantitative estimate of drug-likeness (QED) is 0.696. The summed E-state index contributed by atoms with van der Waals surface area (Å²) in [6.07, 6.45) is 6.33. The molecule has 0 saturated heterocycles. The highest BCUT2D eigenvalue weighted by Crippen LogP contribution is 2.10. The number of allylic oxidation sites excluding steroid dienone is 1. The van der Waals surface area contributed by atoms with Crippen LogP contribution in [0.15, 0.2) is 78.9 Å². The number of benzene rings is 2. The van der Waals surface area contributed by atoms with E-state index in [2.05, 4.69) is 10.4 Å². The van der Waals surface area contributed by atoms with Crippen molar-refractivity contribution < 1.29 is 9.59 Å². The number of aromatic nitrogens is 2. The predicted octanol–water partition coefficient (Wildman–Crippen LogP) is 4.20. The SMILES string of the molecule is Cc1cc(NC(=O)/C=C/c2ccccc2)nn1C(=O)/C=C/c1ccccc1. The number of carbonyl (C=O) groups excluding carboxylic acids is 2. The van der Waals surface area contributed by atoms with Crippen molar-refractivity contribution in [2.24, 2.45) is 0 Å². The highest BCUT2D eigenvalue weighted by Gasteiger charge is 2.10. The van der Waals surface area contributed by atoms with Crippen LogP contribution in [-0.2, 0) is 4.79 Å². The normalized spacial score (nSPS) is 11.1. The average Bonchev–Trinajstić information content (AvgIpc) is 3.06. The van der Waals surface area contributed by atoms with Gasteiger partial charge in [-0.3, -0.25) is 9.59 Å². The van der Waals surface area contributed by atoms with Crippen molar-refractivity contribution in [3.05, 3.63) is 95.7 Å². The van der Waals surface area contributed by atoms with Gasteiger partial charge in [0.05, 0.1) is 0 Å². The van der Waals surface area contributed by atoms with Gasteiger partial charge >= 0.3 is 0 Å². The van der Waals surface area contributed by atoms with Crippen LogP contribution in [-0.4, -0.2) is 21.6 Å². The van der Waals surface area contributed by atoms with Gasteiger partial charge < -0.3 is 5.32 Å². The molecule has 0 radical (unpaired) electrons. The Morgan fingerprint density at radius 3 is 2.04 bits per heavy atom. The van der Waals surface area contributed by atoms with Crippen LogP contribution in [0.25, 0.3) is 12.2 Å². The zero-order valence-electron chi connectivity index (χ0n) is 14.9. The molecule has 3 rings (SSSR count). The highest BCUT2D eigenvalue weighted by molar-refractivity contribution is 6.01. The third-order valence-corrected chi connectivity index (χ3v) is 3.79. The number of aryl methyl sites for hydroxylation is 1. The second-order valence-corrected chi connectivity index (χ2v) is 5.90. The third-order valence-electron chi connectivity index (χ3n) is 3.79. The molecule has 0 bridgehead atoms. The lowest BCUT2D eigenvalue weighted by atomic mass is 10.2. The Morgan fingerprint density at radius 2 is 1.44 bits per heavy atom. The zero-order valence-corrected chi connectivity index (χ0v) is 14.9. The van der Waals surface area contributed by atoms with Crippen molar-refractivity contribution >= 4 is 29.8 Å². The zero-order chi connectivity index (χ0) is 19.1. The molecule has 0 fully saturated rings. The van der Waals surface area contributed by atoms with Crippen molar-refractivity contribution in [3.63, 3.8) is 0 Å². The Hall–Kier alpha value is -3.73. The van der Waals surface area contributed by atoms with Gasteiger partial charge in [-0.25, -0.2) is 0 Å². The minimum atomic E-state index is -0.309. The molecular weight excluding hydrogens is 338 g/mol. The molecule has 5 heteroatoms. The van der Waals surface area contributed by atoms with Crippen LogP contribution in [0.4, 0.5) is 5.82 Å². The first kappa shape index (κ1) is 18.1. The summed E-state index contributed by atoms with van der Waals surface area (Å²) >= 11 is 0. The number of rotatable bonds is 5. The Bertz CT molecular complexity index is 987. The predicted molar refractivity (Wildman–Crippen MR) is 107 cm³/mol. The third kappa shape index (κ3) is 5.12. The fourth-order valence-electron chi connectivity index (χ4n) is 2.46. The van der Waals surface area contributed by atoms with Gasteiger partial charge in [-0.15, -0.1) is 5.10 Å². The van der Waals surface area contributed by atoms with E-state index in [0.717, 1.165) is 11.1 Å². The van der Waals surface area contributed by atoms with Gasteiger partial charge in [-0.1, -0.05) is 60.7 Å². The summed E-state index contributed by atoms with van der Waals surface area (Å²) < 4.78 is 1.26. The van der Waals surface area contributed by atoms with E-state index < -0.39 is 0 Å². The van der Waals surface area contributed by atoms with Gasteiger partial charge in [0.25, 0.3) is 5.91 Å². The summed E-state index contributed by atoms with van der Waals surface area (Å²) in [7, 11) is 0. The number of hydrogen-bond donors (Lipinski definition) is 1. The number of anilines is 1. The van der Waals surface area contributed by atoms with E-state index in [-0.39, 0.29) is 11.8 Å². The summed E-state index contributed by atoms with van der Waals surface area (Å²) in [5, 5.41) is 6.84. The highest BCUT2D eigenvalue weighted by atomic mass is 16.2. The molecule has 0 atom stereocenters. The Labute approximate surface area is 157 Å². The second kappa shape index (κ2) is 8.58. The summed E-state index contributed by atoms with van der Waals surface area (Å²) in [6.45, 7) is 1.76. The minimum Gasteiger partial charge on any atom is -0.306 e. The Kier molecular flexibility index (Phi) is 5.74. The Balaban J connectivity index is 1.65. The standard InChI is InChI=1S/C22H19N3O2/c1-17-16-20(23-21(26)14-12-18-8-4-2-5-9-18)24-25(17)22(27)15-13-19-10-6-3-7-11-19/h2-16H,1H3,(H,23,24,26)/b14-12+,15-13+. The van der Waals surface area contributed by atoms with Crippen LogP contribution in [0, 0.1) is 6.92 Å². The van der Waals surface area contributed by atoms with Crippen LogP contribution in [0.3, 0.4) is 0 Å². The molecule has 0 spiro atoms. The van der Waals surface area contributed by atoms with E-state index in [0.29, 0.717) is 11.5 Å². The maximum Gasteiger partial charge on any atom is 0.271 e. The molecule has 0 unspecified atom stereocenters. The van der Waals surface area contributed by atoms with Crippen LogP contribution in [0.2, 0.25) is 0 Å². The molecule has 1 heterocycles. The molecule has 0 aliphatic rings. The molecular formula is C22H19N3O2. The molecule has 1 amide bonds. The number of carbonyl (C=O) groups is 2. The molecule has 27 heavy (non-hydrogen) atoms. The van der Waals surface area contributed by atoms with Gasteiger partial charge in [-0.2, -0.15) is 4.68 Å². The molecule has 1 aromatic heterocycles. The van der Waals surface area contributed by atoms with Crippen molar-refractivity contribution in [1.29, 1.82) is 0 Å². The van der Waals surface area contributed by atoms with Crippen molar-refractivity contribution in [2.45, 2.75) is 6.92 Å². The van der Waals surface area contributed by atoms with Gasteiger partial charge in [-0.05, 0) is 30.2 Å². The first-order chi connectivity index (χ1) is 13.1. The van der Waals surface area contributed by atoms with E-state index >= 15 is 0 Å². The minimum absolute atomic E-state index is 0.281. The van der Waals surface area contributed by atoms with Crippen LogP contribution in [0.1, 0.15) is 21.6 Å². The molecule has 1 N–H and O–H groups in total. The van der Waals surface area contributed by atoms with E-state index in [1.165, 1.54) is 16.8 Å². The smallest absolute Gasteiger partial charge is 0.271 e. The van der Waals surface area contributed by atoms with Crippen molar-refractivity contribution in [2.75, 3.05) is 5.32 Å². The number of nitrogens with zero attached hydrogens (tertiary/aromatic N) is 2. The topological polar surface area (TPSA) is 64.0 Å². The van der Waals surface area contributed by atoms with Crippen molar-refractivity contribution in [1.82, 2.24) is 9.78 Å². The lowest BCUT2D eigenvalue weighted by Gasteiger charge is -1.98. The fourth-order valence-corrected chi connectivity index (χ4v) is 2.46. The largest absolute Gasteiger partial charge is 0.306 e. The summed E-state index contributed by atoms with van der Waals surface area (Å²) in [6, 6.07) is 20.7. The molecule has 3 aromatic rings. The number of hydrogen-bond acceptors (Lipinski definition) is 3. The first-order valence-electron chi connectivity index (χ1n) is 8.50. The fraction of sp³-hybridized carbons (Fsp3) is 0.0455. The summed E-state index contributed by atoms with van der Waals surface area (Å²) in [5.74, 6) is -0.260. The molecule has 0 saturated carbocycles. The number of amides is 1. The maximum absolute atomic E-state index is 12.3. The number of nitrogens with one attached hydrogen (secondary N) is 1. The Morgan fingerprint density at radius 1 is 0.889 bits per heavy atom.